The number of rotatable bonds is 5. The van der Waals surface area contributed by atoms with Crippen molar-refractivity contribution < 1.29 is 22.4 Å². The molecule has 0 fully saturated rings. The molecule has 9 nitrogen and oxygen atoms in total. The first-order chi connectivity index (χ1) is 19.2. The van der Waals surface area contributed by atoms with Gasteiger partial charge in [0.25, 0.3) is 0 Å². The number of amides is 1. The minimum atomic E-state index is -4.54. The summed E-state index contributed by atoms with van der Waals surface area (Å²) in [6, 6.07) is 4.35. The molecule has 5 heterocycles. The molecule has 15 heteroatoms. The molecule has 0 atom stereocenters. The fourth-order valence-corrected chi connectivity index (χ4v) is 6.29. The Morgan fingerprint density at radius 2 is 2.00 bits per heavy atom. The molecule has 0 unspecified atom stereocenters. The van der Waals surface area contributed by atoms with Gasteiger partial charge in [-0.05, 0) is 30.2 Å². The summed E-state index contributed by atoms with van der Waals surface area (Å²) in [6.45, 7) is 2.08. The number of nitrogens with zero attached hydrogens (tertiary/aromatic N) is 7. The predicted molar refractivity (Wildman–Crippen MR) is 141 cm³/mol. The van der Waals surface area contributed by atoms with Crippen LogP contribution < -0.4 is 5.32 Å². The molecule has 0 spiro atoms. The van der Waals surface area contributed by atoms with Crippen LogP contribution in [-0.4, -0.2) is 60.1 Å². The molecule has 2 aliphatic rings. The highest BCUT2D eigenvalue weighted by molar-refractivity contribution is 7.19. The molecular weight excluding hydrogens is 572 g/mol. The van der Waals surface area contributed by atoms with Crippen LogP contribution in [0.15, 0.2) is 36.7 Å². The van der Waals surface area contributed by atoms with E-state index in [9.17, 15) is 22.4 Å². The number of carbonyl (C=O) groups is 1. The van der Waals surface area contributed by atoms with Crippen molar-refractivity contribution in [2.75, 3.05) is 25.0 Å². The van der Waals surface area contributed by atoms with Crippen molar-refractivity contribution in [2.24, 2.45) is 0 Å². The molecule has 3 aromatic heterocycles. The number of benzene rings is 1. The van der Waals surface area contributed by atoms with Gasteiger partial charge in [0.1, 0.15) is 28.6 Å². The van der Waals surface area contributed by atoms with Crippen molar-refractivity contribution in [3.63, 3.8) is 0 Å². The zero-order chi connectivity index (χ0) is 28.0. The van der Waals surface area contributed by atoms with Crippen LogP contribution in [-0.2, 0) is 37.0 Å². The average molecular weight is 593 g/mol. The SMILES string of the molecule is O=C(/C=C/CN1CCn2c(nnc2C(F)(F)F)C1)N1CCc2c(sc3ncnc(Nc4ccc(F)c(Cl)c4)c23)C1. The Kier molecular flexibility index (Phi) is 6.92. The lowest BCUT2D eigenvalue weighted by molar-refractivity contribution is -0.148. The highest BCUT2D eigenvalue weighted by Gasteiger charge is 2.39. The summed E-state index contributed by atoms with van der Waals surface area (Å²) in [5, 5.41) is 11.1. The third kappa shape index (κ3) is 5.13. The van der Waals surface area contributed by atoms with Crippen LogP contribution in [0.4, 0.5) is 29.1 Å². The maximum Gasteiger partial charge on any atom is 0.451 e. The first-order valence-electron chi connectivity index (χ1n) is 12.3. The van der Waals surface area contributed by atoms with E-state index in [0.29, 0.717) is 44.1 Å². The second-order valence-corrected chi connectivity index (χ2v) is 10.9. The van der Waals surface area contributed by atoms with Crippen LogP contribution in [0.2, 0.25) is 5.02 Å². The normalized spacial score (nSPS) is 16.0. The topological polar surface area (TPSA) is 92.1 Å². The van der Waals surface area contributed by atoms with Gasteiger partial charge in [-0.2, -0.15) is 13.2 Å². The van der Waals surface area contributed by atoms with Gasteiger partial charge in [0, 0.05) is 42.8 Å². The summed E-state index contributed by atoms with van der Waals surface area (Å²) >= 11 is 7.42. The Labute approximate surface area is 234 Å². The van der Waals surface area contributed by atoms with E-state index >= 15 is 0 Å². The van der Waals surface area contributed by atoms with Crippen LogP contribution in [0.1, 0.15) is 22.1 Å². The van der Waals surface area contributed by atoms with E-state index in [1.807, 2.05) is 4.90 Å². The largest absolute Gasteiger partial charge is 0.451 e. The van der Waals surface area contributed by atoms with Gasteiger partial charge in [-0.25, -0.2) is 14.4 Å². The Balaban J connectivity index is 1.11. The van der Waals surface area contributed by atoms with E-state index in [2.05, 4.69) is 25.5 Å². The predicted octanol–water partition coefficient (Wildman–Crippen LogP) is 4.79. The molecule has 0 bridgehead atoms. The molecule has 0 radical (unpaired) electrons. The minimum absolute atomic E-state index is 0.00372. The van der Waals surface area contributed by atoms with Crippen molar-refractivity contribution in [3.8, 4) is 0 Å². The molecule has 4 aromatic rings. The maximum absolute atomic E-state index is 13.6. The lowest BCUT2D eigenvalue weighted by atomic mass is 10.0. The Bertz CT molecular complexity index is 1640. The maximum atomic E-state index is 13.6. The van der Waals surface area contributed by atoms with Gasteiger partial charge in [0.15, 0.2) is 0 Å². The molecule has 40 heavy (non-hydrogen) atoms. The van der Waals surface area contributed by atoms with E-state index in [1.54, 1.807) is 17.0 Å². The number of thiophene rings is 1. The lowest BCUT2D eigenvalue weighted by Crippen LogP contribution is -2.36. The molecule has 2 aliphatic heterocycles. The van der Waals surface area contributed by atoms with Crippen LogP contribution in [0.25, 0.3) is 10.2 Å². The molecule has 0 aliphatic carbocycles. The molecule has 1 N–H and O–H groups in total. The van der Waals surface area contributed by atoms with Crippen molar-refractivity contribution in [3.05, 3.63) is 69.6 Å². The van der Waals surface area contributed by atoms with Gasteiger partial charge < -0.3 is 14.8 Å². The fraction of sp³-hybridized carbons (Fsp3) is 0.320. The summed E-state index contributed by atoms with van der Waals surface area (Å²) < 4.78 is 53.8. The summed E-state index contributed by atoms with van der Waals surface area (Å²) in [4.78, 5) is 27.2. The van der Waals surface area contributed by atoms with Crippen LogP contribution in [0.3, 0.4) is 0 Å². The highest BCUT2D eigenvalue weighted by atomic mass is 35.5. The zero-order valence-electron chi connectivity index (χ0n) is 20.8. The highest BCUT2D eigenvalue weighted by Crippen LogP contribution is 2.38. The monoisotopic (exact) mass is 592 g/mol. The molecular formula is C25H21ClF4N8OS. The Morgan fingerprint density at radius 3 is 2.80 bits per heavy atom. The second kappa shape index (κ2) is 10.4. The Hall–Kier alpha value is -3.62. The molecule has 0 saturated carbocycles. The molecule has 208 valence electrons. The van der Waals surface area contributed by atoms with E-state index in [-0.39, 0.29) is 29.8 Å². The van der Waals surface area contributed by atoms with Gasteiger partial charge in [-0.1, -0.05) is 17.7 Å². The summed E-state index contributed by atoms with van der Waals surface area (Å²) in [7, 11) is 0. The van der Waals surface area contributed by atoms with Crippen LogP contribution in [0.5, 0.6) is 0 Å². The average Bonchev–Trinajstić information content (AvgIpc) is 3.52. The smallest absolute Gasteiger partial charge is 0.340 e. The number of aromatic nitrogens is 5. The number of anilines is 2. The minimum Gasteiger partial charge on any atom is -0.340 e. The molecule has 6 rings (SSSR count). The van der Waals surface area contributed by atoms with Gasteiger partial charge in [0.05, 0.1) is 23.5 Å². The zero-order valence-corrected chi connectivity index (χ0v) is 22.3. The third-order valence-corrected chi connectivity index (χ3v) is 8.26. The summed E-state index contributed by atoms with van der Waals surface area (Å²) in [5.74, 6) is -0.789. The quantitative estimate of drug-likeness (QED) is 0.263. The second-order valence-electron chi connectivity index (χ2n) is 9.40. The fourth-order valence-electron chi connectivity index (χ4n) is 4.90. The number of hydrogen-bond acceptors (Lipinski definition) is 8. The van der Waals surface area contributed by atoms with Crippen molar-refractivity contribution in [1.82, 2.24) is 34.5 Å². The van der Waals surface area contributed by atoms with Crippen molar-refractivity contribution in [2.45, 2.75) is 32.2 Å². The first-order valence-corrected chi connectivity index (χ1v) is 13.5. The van der Waals surface area contributed by atoms with E-state index in [0.717, 1.165) is 25.2 Å². The standard InChI is InChI=1S/C25H21ClF4N8OS/c26-16-10-14(3-4-17(16)27)33-22-21-15-5-7-37(11-18(15)40-23(21)32-13-31-22)20(39)2-1-6-36-8-9-38-19(12-36)34-35-24(38)25(28,29)30/h1-4,10,13H,5-9,11-12H2,(H,31,32,33)/b2-1+. The van der Waals surface area contributed by atoms with E-state index in [1.165, 1.54) is 35.9 Å². The van der Waals surface area contributed by atoms with Gasteiger partial charge in [-0.3, -0.25) is 9.69 Å². The van der Waals surface area contributed by atoms with Gasteiger partial charge in [0.2, 0.25) is 11.7 Å². The molecule has 0 saturated heterocycles. The number of carbonyl (C=O) groups excluding carboxylic acids is 1. The number of nitrogens with one attached hydrogen (secondary N) is 1. The van der Waals surface area contributed by atoms with Crippen LogP contribution in [0, 0.1) is 5.82 Å². The van der Waals surface area contributed by atoms with E-state index < -0.39 is 17.8 Å². The van der Waals surface area contributed by atoms with Crippen LogP contribution >= 0.6 is 22.9 Å². The third-order valence-electron chi connectivity index (χ3n) is 6.84. The van der Waals surface area contributed by atoms with Crippen molar-refractivity contribution in [1.29, 1.82) is 0 Å². The number of hydrogen-bond donors (Lipinski definition) is 1. The van der Waals surface area contributed by atoms with E-state index in [4.69, 9.17) is 11.6 Å². The number of alkyl halides is 3. The Morgan fingerprint density at radius 1 is 1.15 bits per heavy atom. The molecule has 1 aromatic carbocycles. The first kappa shape index (κ1) is 26.6. The van der Waals surface area contributed by atoms with Gasteiger partial charge in [-0.15, -0.1) is 21.5 Å². The summed E-state index contributed by atoms with van der Waals surface area (Å²) in [6.07, 6.45) is 0.759. The number of fused-ring (bicyclic) bond motifs is 4. The summed E-state index contributed by atoms with van der Waals surface area (Å²) in [5.41, 5.74) is 1.67. The number of halogens is 5. The van der Waals surface area contributed by atoms with Crippen molar-refractivity contribution >= 4 is 50.6 Å². The van der Waals surface area contributed by atoms with Gasteiger partial charge >= 0.3 is 6.18 Å². The lowest BCUT2D eigenvalue weighted by Gasteiger charge is -2.27. The molecule has 1 amide bonds.